The summed E-state index contributed by atoms with van der Waals surface area (Å²) in [4.78, 5) is 28.6. The zero-order valence-electron chi connectivity index (χ0n) is 21.7. The molecule has 2 fully saturated rings. The second kappa shape index (κ2) is 13.4. The highest BCUT2D eigenvalue weighted by atomic mass is 35.5. The van der Waals surface area contributed by atoms with E-state index in [2.05, 4.69) is 39.1 Å². The largest absolute Gasteiger partial charge is 0.489 e. The summed E-state index contributed by atoms with van der Waals surface area (Å²) in [5.74, 6) is 1.08. The molecule has 5 rings (SSSR count). The molecule has 0 bridgehead atoms. The maximum absolute atomic E-state index is 13.1. The number of nitrogens with one attached hydrogen (secondary N) is 1. The Morgan fingerprint density at radius 3 is 2.66 bits per heavy atom. The summed E-state index contributed by atoms with van der Waals surface area (Å²) in [6.07, 6.45) is 2.90. The summed E-state index contributed by atoms with van der Waals surface area (Å²) in [6.45, 7) is 8.91. The van der Waals surface area contributed by atoms with Gasteiger partial charge in [0.05, 0.1) is 33.4 Å². The van der Waals surface area contributed by atoms with Crippen LogP contribution in [-0.2, 0) is 9.59 Å². The maximum Gasteiger partial charge on any atom is 0.290 e. The Morgan fingerprint density at radius 2 is 1.89 bits per heavy atom. The third-order valence-electron chi connectivity index (χ3n) is 7.54. The van der Waals surface area contributed by atoms with Gasteiger partial charge in [0.25, 0.3) is 6.47 Å². The standard InChI is InChI=1S/C27H34Cl2N4O2.CH2O2/c1-19-8-9-25-23(17-19)33-12-3-5-20(24(33)18-35-25)27(34)30-10-4-11-31-13-15-32(16-14-31)22-7-2-6-21(28)26(22)29;2-1-3/h2,6-9,17,20,24H,3-5,10-16,18H2,1H3,(H,30,34);1H,(H,2,3). The fraction of sp³-hybridized carbons (Fsp3) is 0.500. The molecule has 0 radical (unpaired) electrons. The normalized spacial score (nSPS) is 20.8. The Kier molecular flexibility index (Phi) is 9.99. The highest BCUT2D eigenvalue weighted by Gasteiger charge is 2.39. The van der Waals surface area contributed by atoms with Gasteiger partial charge in [-0.25, -0.2) is 0 Å². The smallest absolute Gasteiger partial charge is 0.290 e. The van der Waals surface area contributed by atoms with E-state index in [9.17, 15) is 4.79 Å². The number of nitrogens with zero attached hydrogens (tertiary/aromatic N) is 3. The van der Waals surface area contributed by atoms with Gasteiger partial charge in [-0.2, -0.15) is 0 Å². The number of carbonyl (C=O) groups excluding carboxylic acids is 1. The average molecular weight is 564 g/mol. The van der Waals surface area contributed by atoms with Gasteiger partial charge in [-0.1, -0.05) is 35.3 Å². The minimum absolute atomic E-state index is 0.0246. The monoisotopic (exact) mass is 562 g/mol. The van der Waals surface area contributed by atoms with Crippen molar-refractivity contribution in [3.63, 3.8) is 0 Å². The van der Waals surface area contributed by atoms with Crippen LogP contribution in [0.5, 0.6) is 5.75 Å². The summed E-state index contributed by atoms with van der Waals surface area (Å²) in [5, 5.41) is 11.3. The Labute approximate surface area is 234 Å². The predicted octanol–water partition coefficient (Wildman–Crippen LogP) is 4.31. The number of fused-ring (bicyclic) bond motifs is 3. The predicted molar refractivity (Wildman–Crippen MR) is 152 cm³/mol. The van der Waals surface area contributed by atoms with Gasteiger partial charge >= 0.3 is 0 Å². The molecule has 0 aliphatic carbocycles. The maximum atomic E-state index is 13.1. The number of hydrogen-bond donors (Lipinski definition) is 2. The first-order valence-corrected chi connectivity index (χ1v) is 14.0. The number of piperidine rings is 1. The van der Waals surface area contributed by atoms with Gasteiger partial charge in [0.15, 0.2) is 0 Å². The molecular weight excluding hydrogens is 527 g/mol. The number of halogens is 2. The first-order valence-electron chi connectivity index (χ1n) is 13.2. The molecule has 2 atom stereocenters. The lowest BCUT2D eigenvalue weighted by Crippen LogP contribution is -2.55. The Bertz CT molecular complexity index is 1110. The van der Waals surface area contributed by atoms with Crippen LogP contribution in [0.2, 0.25) is 10.0 Å². The van der Waals surface area contributed by atoms with E-state index in [1.54, 1.807) is 0 Å². The molecular formula is C28H36Cl2N4O4. The van der Waals surface area contributed by atoms with E-state index in [4.69, 9.17) is 37.8 Å². The fourth-order valence-corrected chi connectivity index (χ4v) is 6.03. The quantitative estimate of drug-likeness (QED) is 0.400. The topological polar surface area (TPSA) is 85.4 Å². The van der Waals surface area contributed by atoms with E-state index < -0.39 is 0 Å². The minimum atomic E-state index is -0.250. The molecule has 2 unspecified atom stereocenters. The van der Waals surface area contributed by atoms with E-state index >= 15 is 0 Å². The summed E-state index contributed by atoms with van der Waals surface area (Å²) in [5.41, 5.74) is 3.37. The molecule has 3 aliphatic heterocycles. The SMILES string of the molecule is Cc1ccc2c(c1)N1CCCC(C(=O)NCCCN3CCN(c4cccc(Cl)c4Cl)CC3)C1CO2.O=CO. The highest BCUT2D eigenvalue weighted by molar-refractivity contribution is 6.43. The van der Waals surface area contributed by atoms with Crippen molar-refractivity contribution in [1.29, 1.82) is 0 Å². The van der Waals surface area contributed by atoms with Crippen LogP contribution in [0.4, 0.5) is 11.4 Å². The minimum Gasteiger partial charge on any atom is -0.489 e. The third kappa shape index (κ3) is 6.65. The summed E-state index contributed by atoms with van der Waals surface area (Å²) in [6, 6.07) is 12.2. The van der Waals surface area contributed by atoms with Gasteiger partial charge < -0.3 is 25.0 Å². The van der Waals surface area contributed by atoms with Gasteiger partial charge in [0, 0.05) is 39.3 Å². The van der Waals surface area contributed by atoms with Crippen molar-refractivity contribution in [3.05, 3.63) is 52.0 Å². The number of aryl methyl sites for hydroxylation is 1. The number of rotatable bonds is 6. The van der Waals surface area contributed by atoms with Crippen molar-refractivity contribution in [2.75, 3.05) is 62.2 Å². The number of carbonyl (C=O) groups is 2. The third-order valence-corrected chi connectivity index (χ3v) is 8.35. The zero-order valence-corrected chi connectivity index (χ0v) is 23.3. The molecule has 206 valence electrons. The van der Waals surface area contributed by atoms with E-state index in [0.717, 1.165) is 75.7 Å². The molecule has 2 N–H and O–H groups in total. The van der Waals surface area contributed by atoms with Crippen LogP contribution >= 0.6 is 23.2 Å². The molecule has 3 aliphatic rings. The van der Waals surface area contributed by atoms with Crippen molar-refractivity contribution in [3.8, 4) is 5.75 Å². The van der Waals surface area contributed by atoms with Crippen LogP contribution in [0.15, 0.2) is 36.4 Å². The van der Waals surface area contributed by atoms with Crippen molar-refractivity contribution < 1.29 is 19.4 Å². The molecule has 38 heavy (non-hydrogen) atoms. The molecule has 2 aromatic carbocycles. The van der Waals surface area contributed by atoms with E-state index in [0.29, 0.717) is 23.2 Å². The Balaban J connectivity index is 0.00000107. The van der Waals surface area contributed by atoms with Crippen LogP contribution in [0, 0.1) is 12.8 Å². The van der Waals surface area contributed by atoms with Crippen molar-refractivity contribution >= 4 is 47.0 Å². The van der Waals surface area contributed by atoms with Gasteiger partial charge in [0.2, 0.25) is 5.91 Å². The van der Waals surface area contributed by atoms with Gasteiger partial charge in [-0.15, -0.1) is 0 Å². The number of ether oxygens (including phenoxy) is 1. The molecule has 0 saturated carbocycles. The zero-order chi connectivity index (χ0) is 27.1. The van der Waals surface area contributed by atoms with Crippen LogP contribution in [0.25, 0.3) is 0 Å². The van der Waals surface area contributed by atoms with E-state index in [-0.39, 0.29) is 24.3 Å². The Hall–Kier alpha value is -2.68. The molecule has 0 aromatic heterocycles. The number of piperazine rings is 1. The lowest BCUT2D eigenvalue weighted by Gasteiger charge is -2.45. The van der Waals surface area contributed by atoms with Crippen LogP contribution in [0.3, 0.4) is 0 Å². The number of anilines is 2. The van der Waals surface area contributed by atoms with Crippen LogP contribution in [0.1, 0.15) is 24.8 Å². The molecule has 8 nitrogen and oxygen atoms in total. The summed E-state index contributed by atoms with van der Waals surface area (Å²) < 4.78 is 6.04. The first kappa shape index (κ1) is 28.3. The molecule has 3 heterocycles. The van der Waals surface area contributed by atoms with Crippen LogP contribution in [-0.4, -0.2) is 80.8 Å². The molecule has 2 saturated heterocycles. The Morgan fingerprint density at radius 1 is 1.13 bits per heavy atom. The molecule has 0 spiro atoms. The van der Waals surface area contributed by atoms with E-state index in [1.165, 1.54) is 5.56 Å². The van der Waals surface area contributed by atoms with Crippen molar-refractivity contribution in [2.24, 2.45) is 5.92 Å². The highest BCUT2D eigenvalue weighted by Crippen LogP contribution is 2.39. The van der Waals surface area contributed by atoms with Gasteiger partial charge in [0.1, 0.15) is 12.4 Å². The van der Waals surface area contributed by atoms with Crippen molar-refractivity contribution in [2.45, 2.75) is 32.2 Å². The number of hydrogen-bond acceptors (Lipinski definition) is 6. The molecule has 2 aromatic rings. The number of benzene rings is 2. The average Bonchev–Trinajstić information content (AvgIpc) is 2.93. The van der Waals surface area contributed by atoms with Gasteiger partial charge in [-0.05, 0) is 62.6 Å². The molecule has 10 heteroatoms. The lowest BCUT2D eigenvalue weighted by atomic mass is 9.87. The second-order valence-electron chi connectivity index (χ2n) is 9.94. The number of carboxylic acid groups (broad SMARTS) is 1. The van der Waals surface area contributed by atoms with Gasteiger partial charge in [-0.3, -0.25) is 14.5 Å². The van der Waals surface area contributed by atoms with E-state index in [1.807, 2.05) is 24.3 Å². The lowest BCUT2D eigenvalue weighted by molar-refractivity contribution is -0.127. The summed E-state index contributed by atoms with van der Waals surface area (Å²) in [7, 11) is 0. The first-order chi connectivity index (χ1) is 18.4. The molecule has 1 amide bonds. The fourth-order valence-electron chi connectivity index (χ4n) is 5.61. The number of amides is 1. The second-order valence-corrected chi connectivity index (χ2v) is 10.7. The van der Waals surface area contributed by atoms with Crippen molar-refractivity contribution in [1.82, 2.24) is 10.2 Å². The summed E-state index contributed by atoms with van der Waals surface area (Å²) >= 11 is 12.6. The van der Waals surface area contributed by atoms with Crippen LogP contribution < -0.4 is 19.9 Å².